The van der Waals surface area contributed by atoms with Gasteiger partial charge < -0.3 is 14.6 Å². The molecule has 13 heavy (non-hydrogen) atoms. The fourth-order valence-corrected chi connectivity index (χ4v) is 1.34. The molecule has 0 saturated carbocycles. The SMILES string of the molecule is O=C(O)c1cc(Cl)cc2c1OCO2. The zero-order chi connectivity index (χ0) is 9.42. The number of carboxylic acid groups (broad SMARTS) is 1. The number of ether oxygens (including phenoxy) is 2. The van der Waals surface area contributed by atoms with Crippen molar-refractivity contribution in [3.8, 4) is 11.5 Å². The number of carbonyl (C=O) groups is 1. The normalized spacial score (nSPS) is 13.0. The van der Waals surface area contributed by atoms with Gasteiger partial charge in [-0.3, -0.25) is 0 Å². The van der Waals surface area contributed by atoms with Crippen LogP contribution in [0.4, 0.5) is 0 Å². The van der Waals surface area contributed by atoms with Crippen molar-refractivity contribution in [3.05, 3.63) is 22.7 Å². The highest BCUT2D eigenvalue weighted by molar-refractivity contribution is 6.31. The van der Waals surface area contributed by atoms with Crippen LogP contribution in [0, 0.1) is 0 Å². The molecule has 1 aromatic rings. The number of hydrogen-bond acceptors (Lipinski definition) is 3. The third-order valence-electron chi connectivity index (χ3n) is 1.67. The molecule has 5 heteroatoms. The molecule has 0 spiro atoms. The first kappa shape index (κ1) is 8.19. The maximum absolute atomic E-state index is 10.7. The summed E-state index contributed by atoms with van der Waals surface area (Å²) in [6, 6.07) is 2.85. The van der Waals surface area contributed by atoms with E-state index in [-0.39, 0.29) is 18.1 Å². The number of aromatic carboxylic acids is 1. The Balaban J connectivity index is 2.62. The molecule has 1 aromatic carbocycles. The van der Waals surface area contributed by atoms with Crippen LogP contribution in [-0.4, -0.2) is 17.9 Å². The Labute approximate surface area is 78.6 Å². The molecule has 0 fully saturated rings. The molecule has 4 nitrogen and oxygen atoms in total. The minimum absolute atomic E-state index is 0.0278. The molecule has 2 rings (SSSR count). The van der Waals surface area contributed by atoms with E-state index in [1.54, 1.807) is 0 Å². The molecule has 0 aromatic heterocycles. The van der Waals surface area contributed by atoms with Gasteiger partial charge in [0.25, 0.3) is 0 Å². The summed E-state index contributed by atoms with van der Waals surface area (Å²) in [5.74, 6) is -0.453. The maximum Gasteiger partial charge on any atom is 0.339 e. The van der Waals surface area contributed by atoms with Crippen LogP contribution in [0.1, 0.15) is 10.4 Å². The van der Waals surface area contributed by atoms with Gasteiger partial charge in [-0.2, -0.15) is 0 Å². The average Bonchev–Trinajstić information content (AvgIpc) is 2.49. The third-order valence-corrected chi connectivity index (χ3v) is 1.89. The van der Waals surface area contributed by atoms with Gasteiger partial charge in [0.1, 0.15) is 5.56 Å². The Morgan fingerprint density at radius 1 is 1.46 bits per heavy atom. The molecule has 0 bridgehead atoms. The second-order valence-corrected chi connectivity index (χ2v) is 2.93. The van der Waals surface area contributed by atoms with Gasteiger partial charge in [0.2, 0.25) is 6.79 Å². The van der Waals surface area contributed by atoms with Crippen molar-refractivity contribution in [2.45, 2.75) is 0 Å². The van der Waals surface area contributed by atoms with Crippen LogP contribution < -0.4 is 9.47 Å². The topological polar surface area (TPSA) is 55.8 Å². The van der Waals surface area contributed by atoms with E-state index in [9.17, 15) is 4.79 Å². The van der Waals surface area contributed by atoms with Crippen molar-refractivity contribution >= 4 is 17.6 Å². The molecule has 1 aliphatic rings. The lowest BCUT2D eigenvalue weighted by Crippen LogP contribution is -1.99. The van der Waals surface area contributed by atoms with Crippen LogP contribution in [0.2, 0.25) is 5.02 Å². The first-order valence-electron chi connectivity index (χ1n) is 3.51. The van der Waals surface area contributed by atoms with Gasteiger partial charge in [-0.25, -0.2) is 4.79 Å². The second-order valence-electron chi connectivity index (χ2n) is 2.49. The Morgan fingerprint density at radius 2 is 2.23 bits per heavy atom. The predicted molar refractivity (Wildman–Crippen MR) is 44.5 cm³/mol. The molecule has 0 unspecified atom stereocenters. The summed E-state index contributed by atoms with van der Waals surface area (Å²) in [6.45, 7) is 0.0377. The van der Waals surface area contributed by atoms with E-state index in [4.69, 9.17) is 26.2 Å². The maximum atomic E-state index is 10.7. The van der Waals surface area contributed by atoms with Gasteiger partial charge in [-0.15, -0.1) is 0 Å². The molecule has 0 saturated heterocycles. The Bertz CT molecular complexity index is 375. The first-order valence-corrected chi connectivity index (χ1v) is 3.88. The monoisotopic (exact) mass is 200 g/mol. The zero-order valence-corrected chi connectivity index (χ0v) is 7.17. The van der Waals surface area contributed by atoms with E-state index in [0.29, 0.717) is 10.8 Å². The van der Waals surface area contributed by atoms with Crippen molar-refractivity contribution in [3.63, 3.8) is 0 Å². The van der Waals surface area contributed by atoms with Crippen LogP contribution in [0.5, 0.6) is 11.5 Å². The van der Waals surface area contributed by atoms with Crippen LogP contribution in [-0.2, 0) is 0 Å². The molecule has 0 amide bonds. The van der Waals surface area contributed by atoms with Gasteiger partial charge in [0.05, 0.1) is 0 Å². The van der Waals surface area contributed by atoms with Gasteiger partial charge >= 0.3 is 5.97 Å². The highest BCUT2D eigenvalue weighted by Gasteiger charge is 2.22. The molecule has 0 aliphatic carbocycles. The molecule has 0 radical (unpaired) electrons. The number of hydrogen-bond donors (Lipinski definition) is 1. The lowest BCUT2D eigenvalue weighted by atomic mass is 10.2. The van der Waals surface area contributed by atoms with Crippen molar-refractivity contribution < 1.29 is 19.4 Å². The van der Waals surface area contributed by atoms with Crippen LogP contribution in [0.3, 0.4) is 0 Å². The number of carboxylic acids is 1. The van der Waals surface area contributed by atoms with E-state index < -0.39 is 5.97 Å². The molecule has 1 heterocycles. The Morgan fingerprint density at radius 3 is 2.92 bits per heavy atom. The molecule has 0 atom stereocenters. The molecule has 1 aliphatic heterocycles. The summed E-state index contributed by atoms with van der Waals surface area (Å²) in [4.78, 5) is 10.7. The van der Waals surface area contributed by atoms with E-state index in [0.717, 1.165) is 0 Å². The summed E-state index contributed by atoms with van der Waals surface area (Å²) in [7, 11) is 0. The smallest absolute Gasteiger partial charge is 0.339 e. The van der Waals surface area contributed by atoms with Gasteiger partial charge in [0.15, 0.2) is 11.5 Å². The predicted octanol–water partition coefficient (Wildman–Crippen LogP) is 1.77. The molecule has 68 valence electrons. The number of rotatable bonds is 1. The van der Waals surface area contributed by atoms with Crippen LogP contribution >= 0.6 is 11.6 Å². The zero-order valence-electron chi connectivity index (χ0n) is 6.41. The molecular weight excluding hydrogens is 196 g/mol. The lowest BCUT2D eigenvalue weighted by molar-refractivity contribution is 0.0692. The molecular formula is C8H5ClO4. The third kappa shape index (κ3) is 1.29. The van der Waals surface area contributed by atoms with Crippen LogP contribution in [0.15, 0.2) is 12.1 Å². The highest BCUT2D eigenvalue weighted by Crippen LogP contribution is 2.38. The highest BCUT2D eigenvalue weighted by atomic mass is 35.5. The fourth-order valence-electron chi connectivity index (χ4n) is 1.14. The van der Waals surface area contributed by atoms with Gasteiger partial charge in [-0.1, -0.05) is 11.6 Å². The van der Waals surface area contributed by atoms with Crippen LogP contribution in [0.25, 0.3) is 0 Å². The fraction of sp³-hybridized carbons (Fsp3) is 0.125. The minimum Gasteiger partial charge on any atom is -0.478 e. The van der Waals surface area contributed by atoms with Crippen molar-refractivity contribution in [1.29, 1.82) is 0 Å². The second kappa shape index (κ2) is 2.81. The molecule has 1 N–H and O–H groups in total. The standard InChI is InChI=1S/C8H5ClO4/c9-4-1-5(8(10)11)7-6(2-4)12-3-13-7/h1-2H,3H2,(H,10,11). The summed E-state index contributed by atoms with van der Waals surface area (Å²) >= 11 is 5.67. The Kier molecular flexibility index (Phi) is 1.77. The van der Waals surface area contributed by atoms with E-state index in [2.05, 4.69) is 0 Å². The van der Waals surface area contributed by atoms with Gasteiger partial charge in [0, 0.05) is 11.1 Å². The minimum atomic E-state index is -1.08. The van der Waals surface area contributed by atoms with E-state index in [1.807, 2.05) is 0 Å². The first-order chi connectivity index (χ1) is 6.18. The summed E-state index contributed by atoms with van der Waals surface area (Å²) in [5, 5.41) is 9.10. The summed E-state index contributed by atoms with van der Waals surface area (Å²) in [6.07, 6.45) is 0. The summed E-state index contributed by atoms with van der Waals surface area (Å²) in [5.41, 5.74) is 0.0278. The quantitative estimate of drug-likeness (QED) is 0.751. The van der Waals surface area contributed by atoms with Gasteiger partial charge in [-0.05, 0) is 6.07 Å². The lowest BCUT2D eigenvalue weighted by Gasteiger charge is -2.01. The summed E-state index contributed by atoms with van der Waals surface area (Å²) < 4.78 is 9.98. The van der Waals surface area contributed by atoms with E-state index >= 15 is 0 Å². The largest absolute Gasteiger partial charge is 0.478 e. The number of benzene rings is 1. The average molecular weight is 201 g/mol. The number of halogens is 1. The van der Waals surface area contributed by atoms with Crippen molar-refractivity contribution in [2.75, 3.05) is 6.79 Å². The number of fused-ring (bicyclic) bond motifs is 1. The van der Waals surface area contributed by atoms with E-state index in [1.165, 1.54) is 12.1 Å². The Hall–Kier alpha value is -1.42. The van der Waals surface area contributed by atoms with Crippen molar-refractivity contribution in [1.82, 2.24) is 0 Å². The van der Waals surface area contributed by atoms with Crippen molar-refractivity contribution in [2.24, 2.45) is 0 Å².